The largest absolute Gasteiger partial charge is 0.480 e. The molecule has 2 atom stereocenters. The van der Waals surface area contributed by atoms with Crippen LogP contribution in [0.2, 0.25) is 0 Å². The molecule has 2 aromatic rings. The van der Waals surface area contributed by atoms with E-state index in [4.69, 9.17) is 43.0 Å². The van der Waals surface area contributed by atoms with Crippen molar-refractivity contribution < 1.29 is 44.2 Å². The first kappa shape index (κ1) is 39.5. The number of nitrogens with zero attached hydrogens (tertiary/aromatic N) is 2. The molecule has 0 bridgehead atoms. The lowest BCUT2D eigenvalue weighted by Crippen LogP contribution is -2.30. The van der Waals surface area contributed by atoms with Gasteiger partial charge in [-0.15, -0.1) is 0 Å². The predicted octanol–water partition coefficient (Wildman–Crippen LogP) is 0.449. The van der Waals surface area contributed by atoms with E-state index in [2.05, 4.69) is 15.6 Å². The van der Waals surface area contributed by atoms with Gasteiger partial charge in [0.2, 0.25) is 0 Å². The van der Waals surface area contributed by atoms with Gasteiger partial charge in [-0.25, -0.2) is 4.79 Å². The van der Waals surface area contributed by atoms with Crippen molar-refractivity contribution in [1.29, 1.82) is 0 Å². The maximum Gasteiger partial charge on any atom is 0.407 e. The zero-order valence-electron chi connectivity index (χ0n) is 24.4. The van der Waals surface area contributed by atoms with Crippen molar-refractivity contribution in [3.05, 3.63) is 70.3 Å². The van der Waals surface area contributed by atoms with Gasteiger partial charge in [0.05, 0.1) is 4.92 Å². The Bertz CT molecular complexity index is 1220. The highest BCUT2D eigenvalue weighted by molar-refractivity contribution is 5.76. The third kappa shape index (κ3) is 21.8. The molecule has 1 saturated heterocycles. The highest BCUT2D eigenvalue weighted by Crippen LogP contribution is 2.12. The summed E-state index contributed by atoms with van der Waals surface area (Å²) >= 11 is 0. The van der Waals surface area contributed by atoms with Gasteiger partial charge in [0.15, 0.2) is 5.96 Å². The van der Waals surface area contributed by atoms with E-state index in [1.807, 2.05) is 30.3 Å². The summed E-state index contributed by atoms with van der Waals surface area (Å²) in [7, 11) is 0. The first-order valence-electron chi connectivity index (χ1n) is 13.4. The summed E-state index contributed by atoms with van der Waals surface area (Å²) < 4.78 is 4.77. The van der Waals surface area contributed by atoms with Crippen molar-refractivity contribution >= 4 is 41.3 Å². The molecule has 1 aliphatic rings. The summed E-state index contributed by atoms with van der Waals surface area (Å²) in [4.78, 5) is 54.7. The fourth-order valence-corrected chi connectivity index (χ4v) is 3.06. The highest BCUT2D eigenvalue weighted by atomic mass is 16.6. The van der Waals surface area contributed by atoms with Crippen LogP contribution >= 0.6 is 0 Å². The number of nitrogens with one attached hydrogen (secondary N) is 2. The van der Waals surface area contributed by atoms with Crippen LogP contribution in [0.15, 0.2) is 59.6 Å². The number of aliphatic imine (C=N–C) groups is 1. The average molecular weight is 637 g/mol. The number of ether oxygens (including phenoxy) is 1. The quantitative estimate of drug-likeness (QED) is 0.0403. The van der Waals surface area contributed by atoms with E-state index >= 15 is 0 Å². The molecule has 2 aromatic carbocycles. The van der Waals surface area contributed by atoms with Gasteiger partial charge < -0.3 is 53.6 Å². The summed E-state index contributed by atoms with van der Waals surface area (Å²) in [6.07, 6.45) is 2.00. The van der Waals surface area contributed by atoms with Crippen LogP contribution < -0.4 is 33.6 Å². The van der Waals surface area contributed by atoms with E-state index in [0.29, 0.717) is 25.1 Å². The van der Waals surface area contributed by atoms with Gasteiger partial charge in [-0.3, -0.25) is 29.5 Å². The molecule has 248 valence electrons. The second-order valence-electron chi connectivity index (χ2n) is 9.04. The molecule has 13 N–H and O–H groups in total. The van der Waals surface area contributed by atoms with Crippen molar-refractivity contribution in [2.45, 2.75) is 44.4 Å². The average Bonchev–Trinajstić information content (AvgIpc) is 3.55. The number of nitro benzene ring substituents is 1. The summed E-state index contributed by atoms with van der Waals surface area (Å²) in [6, 6.07) is 13.8. The molecule has 0 aromatic heterocycles. The number of anilines is 1. The number of nitrogen functional groups attached to an aromatic ring is 1. The lowest BCUT2D eigenvalue weighted by atomic mass is 10.2. The monoisotopic (exact) mass is 636 g/mol. The molecule has 1 amide bonds. The van der Waals surface area contributed by atoms with E-state index < -0.39 is 41.5 Å². The Balaban J connectivity index is 0.000000588. The number of carbonyl (C=O) groups excluding carboxylic acids is 1. The number of nitrogens with two attached hydrogens (primary N) is 4. The summed E-state index contributed by atoms with van der Waals surface area (Å²) in [6.45, 7) is 0.972. The van der Waals surface area contributed by atoms with Crippen molar-refractivity contribution in [2.24, 2.45) is 22.2 Å². The van der Waals surface area contributed by atoms with Gasteiger partial charge in [0, 0.05) is 24.4 Å². The van der Waals surface area contributed by atoms with E-state index in [9.17, 15) is 29.3 Å². The normalized spacial score (nSPS) is 13.4. The van der Waals surface area contributed by atoms with E-state index in [1.54, 1.807) is 0 Å². The number of alkyl carbamates (subject to hydrolysis) is 1. The zero-order chi connectivity index (χ0) is 34.2. The molecule has 1 heterocycles. The van der Waals surface area contributed by atoms with Crippen LogP contribution in [-0.2, 0) is 25.7 Å². The van der Waals surface area contributed by atoms with E-state index in [-0.39, 0.29) is 24.3 Å². The third-order valence-corrected chi connectivity index (χ3v) is 5.34. The number of hydrogen-bond donors (Lipinski definition) is 9. The number of carbonyl (C=O) groups is 4. The summed E-state index contributed by atoms with van der Waals surface area (Å²) in [5.41, 5.74) is 22.1. The third-order valence-electron chi connectivity index (χ3n) is 5.34. The van der Waals surface area contributed by atoms with Crippen LogP contribution in [-0.4, -0.2) is 81.9 Å². The number of amides is 1. The van der Waals surface area contributed by atoms with Crippen LogP contribution in [0, 0.1) is 10.1 Å². The minimum atomic E-state index is -1.10. The van der Waals surface area contributed by atoms with Gasteiger partial charge in [0.25, 0.3) is 5.69 Å². The van der Waals surface area contributed by atoms with Gasteiger partial charge >= 0.3 is 24.0 Å². The van der Waals surface area contributed by atoms with E-state index in [1.165, 1.54) is 24.3 Å². The van der Waals surface area contributed by atoms with Crippen LogP contribution in [0.1, 0.15) is 31.2 Å². The van der Waals surface area contributed by atoms with Crippen LogP contribution in [0.5, 0.6) is 0 Å². The van der Waals surface area contributed by atoms with Crippen LogP contribution in [0.3, 0.4) is 0 Å². The first-order chi connectivity index (χ1) is 21.2. The Hall–Kier alpha value is -5.49. The molecule has 0 spiro atoms. The summed E-state index contributed by atoms with van der Waals surface area (Å²) in [5, 5.41) is 40.0. The SMILES string of the molecule is NC(N)=NCCC[C@H](N)C(=O)O.Nc1ccc([N+](=O)[O-])cc1.O=C(O)CNC(=O)OCc1ccccc1.O=C(O)[C@@H]1CCCN1. The fourth-order valence-electron chi connectivity index (χ4n) is 3.06. The molecule has 18 nitrogen and oxygen atoms in total. The maximum atomic E-state index is 10.9. The number of benzene rings is 2. The number of rotatable bonds is 11. The molecule has 0 saturated carbocycles. The molecule has 0 unspecified atom stereocenters. The minimum Gasteiger partial charge on any atom is -0.480 e. The van der Waals surface area contributed by atoms with Gasteiger partial charge in [-0.05, 0) is 49.9 Å². The van der Waals surface area contributed by atoms with Crippen molar-refractivity contribution in [2.75, 3.05) is 25.4 Å². The fraction of sp³-hybridized carbons (Fsp3) is 0.370. The molecule has 1 fully saturated rings. The molecule has 3 rings (SSSR count). The van der Waals surface area contributed by atoms with E-state index in [0.717, 1.165) is 24.9 Å². The maximum absolute atomic E-state index is 10.9. The lowest BCUT2D eigenvalue weighted by Gasteiger charge is -2.04. The number of carboxylic acids is 3. The Morgan fingerprint density at radius 3 is 2.13 bits per heavy atom. The Morgan fingerprint density at radius 1 is 1.07 bits per heavy atom. The molecule has 0 radical (unpaired) electrons. The smallest absolute Gasteiger partial charge is 0.407 e. The second kappa shape index (κ2) is 23.0. The number of hydrogen-bond acceptors (Lipinski definition) is 11. The molecule has 18 heteroatoms. The lowest BCUT2D eigenvalue weighted by molar-refractivity contribution is -0.384. The second-order valence-corrected chi connectivity index (χ2v) is 9.04. The molecule has 1 aliphatic heterocycles. The number of aliphatic carboxylic acids is 3. The van der Waals surface area contributed by atoms with Crippen molar-refractivity contribution in [3.8, 4) is 0 Å². The van der Waals surface area contributed by atoms with Crippen LogP contribution in [0.25, 0.3) is 0 Å². The minimum absolute atomic E-state index is 0.0129. The van der Waals surface area contributed by atoms with Gasteiger partial charge in [-0.1, -0.05) is 30.3 Å². The van der Waals surface area contributed by atoms with Crippen molar-refractivity contribution in [1.82, 2.24) is 10.6 Å². The molecular weight excluding hydrogens is 596 g/mol. The Morgan fingerprint density at radius 2 is 1.69 bits per heavy atom. The highest BCUT2D eigenvalue weighted by Gasteiger charge is 2.20. The van der Waals surface area contributed by atoms with Gasteiger partial charge in [-0.2, -0.15) is 0 Å². The van der Waals surface area contributed by atoms with Gasteiger partial charge in [0.1, 0.15) is 25.2 Å². The first-order valence-corrected chi connectivity index (χ1v) is 13.4. The Kier molecular flexibility index (Phi) is 20.2. The summed E-state index contributed by atoms with van der Waals surface area (Å²) in [5.74, 6) is -2.81. The number of carboxylic acid groups (broad SMARTS) is 3. The zero-order valence-corrected chi connectivity index (χ0v) is 24.4. The standard InChI is InChI=1S/C10H11NO4.C6H14N4O2.C6H6N2O2.C5H9NO2/c12-9(13)6-11-10(14)15-7-8-4-2-1-3-5-8;7-4(5(11)12)2-1-3-10-6(8)9;7-5-1-3-6(4-2-5)8(9)10;7-5(8)4-2-1-3-6-4/h1-5H,6-7H2,(H,11,14)(H,12,13);4H,1-3,7H2,(H,11,12)(H4,8,9,10);1-4H,7H2;4,6H,1-3H2,(H,7,8)/t;4-;;4-/m.0.0/s1. The Labute approximate surface area is 258 Å². The number of nitro groups is 1. The number of guanidine groups is 1. The molecular formula is C27H40N8O10. The number of non-ortho nitro benzene ring substituents is 1. The predicted molar refractivity (Wildman–Crippen MR) is 164 cm³/mol. The van der Waals surface area contributed by atoms with Crippen LogP contribution in [0.4, 0.5) is 16.2 Å². The topological polar surface area (TPSA) is 322 Å². The molecule has 0 aliphatic carbocycles. The van der Waals surface area contributed by atoms with Crippen molar-refractivity contribution in [3.63, 3.8) is 0 Å². The molecule has 45 heavy (non-hydrogen) atoms.